The van der Waals surface area contributed by atoms with Crippen molar-refractivity contribution < 1.29 is 34.2 Å². The van der Waals surface area contributed by atoms with E-state index in [-0.39, 0.29) is 17.4 Å². The molecule has 9 nitrogen and oxygen atoms in total. The van der Waals surface area contributed by atoms with Crippen LogP contribution in [0.25, 0.3) is 0 Å². The van der Waals surface area contributed by atoms with Gasteiger partial charge in [-0.3, -0.25) is 20.1 Å². The van der Waals surface area contributed by atoms with Crippen LogP contribution in [0.4, 0.5) is 4.79 Å². The molecule has 2 aromatic carbocycles. The Morgan fingerprint density at radius 1 is 1.12 bits per heavy atom. The number of amides is 3. The number of hydrogen-bond donors (Lipinski definition) is 4. The van der Waals surface area contributed by atoms with Crippen molar-refractivity contribution >= 4 is 17.9 Å². The standard InChI is InChI=1S/C23H26N2O7/c1-15(8-6-7-11-20(27)25-30)21(17-12-13-19(31-2)18(26)14-17)32-23(29)24-22(28)16-9-4-3-5-10-16/h3-5,7,9-15,21,26,30H,6,8H2,1-2H3,(H,25,27)(H,24,28,29)/b11-7+/t15-,21+/m0/s1. The molecule has 2 rings (SSSR count). The second kappa shape index (κ2) is 12.1. The van der Waals surface area contributed by atoms with Crippen molar-refractivity contribution in [1.29, 1.82) is 0 Å². The summed E-state index contributed by atoms with van der Waals surface area (Å²) in [5.41, 5.74) is 2.32. The third-order valence-corrected chi connectivity index (χ3v) is 4.70. The van der Waals surface area contributed by atoms with Crippen LogP contribution in [-0.2, 0) is 9.53 Å². The molecule has 0 aliphatic heterocycles. The van der Waals surface area contributed by atoms with E-state index in [1.54, 1.807) is 48.5 Å². The Balaban J connectivity index is 2.14. The maximum atomic E-state index is 12.4. The molecule has 0 heterocycles. The molecule has 9 heteroatoms. The first kappa shape index (κ1) is 24.4. The Bertz CT molecular complexity index is 960. The zero-order chi connectivity index (χ0) is 23.5. The number of phenolic OH excluding ortho intramolecular Hbond substituents is 1. The summed E-state index contributed by atoms with van der Waals surface area (Å²) in [6, 6.07) is 12.9. The summed E-state index contributed by atoms with van der Waals surface area (Å²) in [5.74, 6) is -1.35. The zero-order valence-corrected chi connectivity index (χ0v) is 17.8. The number of allylic oxidation sites excluding steroid dienone is 1. The minimum absolute atomic E-state index is 0.119. The number of aromatic hydroxyl groups is 1. The Labute approximate surface area is 185 Å². The van der Waals surface area contributed by atoms with Crippen molar-refractivity contribution in [3.63, 3.8) is 0 Å². The lowest BCUT2D eigenvalue weighted by Gasteiger charge is -2.25. The van der Waals surface area contributed by atoms with Gasteiger partial charge in [0.2, 0.25) is 0 Å². The van der Waals surface area contributed by atoms with E-state index >= 15 is 0 Å². The number of benzene rings is 2. The first-order valence-corrected chi connectivity index (χ1v) is 9.90. The van der Waals surface area contributed by atoms with E-state index in [4.69, 9.17) is 14.7 Å². The molecule has 0 aliphatic carbocycles. The smallest absolute Gasteiger partial charge is 0.414 e. The van der Waals surface area contributed by atoms with Crippen molar-refractivity contribution in [3.05, 3.63) is 71.8 Å². The third-order valence-electron chi connectivity index (χ3n) is 4.70. The van der Waals surface area contributed by atoms with Crippen LogP contribution in [0.1, 0.15) is 41.8 Å². The molecule has 0 aliphatic rings. The molecule has 0 bridgehead atoms. The maximum Gasteiger partial charge on any atom is 0.414 e. The van der Waals surface area contributed by atoms with Gasteiger partial charge in [-0.1, -0.05) is 37.3 Å². The van der Waals surface area contributed by atoms with Gasteiger partial charge in [0.25, 0.3) is 11.8 Å². The number of alkyl carbamates (subject to hydrolysis) is 1. The summed E-state index contributed by atoms with van der Waals surface area (Å²) in [4.78, 5) is 35.8. The van der Waals surface area contributed by atoms with Crippen LogP contribution in [0.2, 0.25) is 0 Å². The molecule has 2 atom stereocenters. The number of nitrogens with one attached hydrogen (secondary N) is 2. The number of hydrogen-bond acceptors (Lipinski definition) is 7. The number of phenols is 1. The molecule has 0 saturated heterocycles. The molecule has 0 unspecified atom stereocenters. The fourth-order valence-electron chi connectivity index (χ4n) is 3.03. The lowest BCUT2D eigenvalue weighted by atomic mass is 9.92. The van der Waals surface area contributed by atoms with Crippen LogP contribution in [0.15, 0.2) is 60.7 Å². The van der Waals surface area contributed by atoms with Gasteiger partial charge in [0, 0.05) is 11.6 Å². The quantitative estimate of drug-likeness (QED) is 0.265. The van der Waals surface area contributed by atoms with Gasteiger partial charge in [-0.05, 0) is 48.6 Å². The molecule has 0 aromatic heterocycles. The highest BCUT2D eigenvalue weighted by molar-refractivity contribution is 6.02. The summed E-state index contributed by atoms with van der Waals surface area (Å²) in [6.07, 6.45) is 2.00. The Kier molecular flexibility index (Phi) is 9.24. The maximum absolute atomic E-state index is 12.4. The van der Waals surface area contributed by atoms with E-state index < -0.39 is 24.0 Å². The van der Waals surface area contributed by atoms with Gasteiger partial charge in [-0.2, -0.15) is 0 Å². The van der Waals surface area contributed by atoms with E-state index in [1.165, 1.54) is 24.7 Å². The van der Waals surface area contributed by atoms with Crippen molar-refractivity contribution in [2.24, 2.45) is 5.92 Å². The number of carbonyl (C=O) groups excluding carboxylic acids is 3. The first-order valence-electron chi connectivity index (χ1n) is 9.90. The minimum atomic E-state index is -0.929. The van der Waals surface area contributed by atoms with Gasteiger partial charge < -0.3 is 14.6 Å². The predicted octanol–water partition coefficient (Wildman–Crippen LogP) is 3.49. The molecule has 170 valence electrons. The second-order valence-corrected chi connectivity index (χ2v) is 7.01. The van der Waals surface area contributed by atoms with Gasteiger partial charge >= 0.3 is 6.09 Å². The number of carbonyl (C=O) groups is 3. The summed E-state index contributed by atoms with van der Waals surface area (Å²) in [7, 11) is 1.42. The molecule has 32 heavy (non-hydrogen) atoms. The number of imide groups is 1. The normalized spacial score (nSPS) is 12.6. The fourth-order valence-corrected chi connectivity index (χ4v) is 3.03. The molecule has 0 radical (unpaired) electrons. The highest BCUT2D eigenvalue weighted by atomic mass is 16.6. The second-order valence-electron chi connectivity index (χ2n) is 7.01. The Hall–Kier alpha value is -3.85. The first-order chi connectivity index (χ1) is 15.3. The number of methoxy groups -OCH3 is 1. The van der Waals surface area contributed by atoms with Crippen LogP contribution >= 0.6 is 0 Å². The van der Waals surface area contributed by atoms with Crippen LogP contribution in [0.3, 0.4) is 0 Å². The van der Waals surface area contributed by atoms with Crippen LogP contribution in [0.5, 0.6) is 11.5 Å². The largest absolute Gasteiger partial charge is 0.504 e. The average Bonchev–Trinajstić information content (AvgIpc) is 2.80. The monoisotopic (exact) mass is 442 g/mol. The van der Waals surface area contributed by atoms with Gasteiger partial charge in [-0.15, -0.1) is 0 Å². The van der Waals surface area contributed by atoms with Crippen molar-refractivity contribution in [3.8, 4) is 11.5 Å². The molecule has 3 amide bonds. The van der Waals surface area contributed by atoms with Crippen LogP contribution in [0, 0.1) is 5.92 Å². The zero-order valence-electron chi connectivity index (χ0n) is 17.8. The molecule has 4 N–H and O–H groups in total. The van der Waals surface area contributed by atoms with E-state index in [2.05, 4.69) is 5.32 Å². The van der Waals surface area contributed by atoms with Gasteiger partial charge in [0.15, 0.2) is 11.5 Å². The molecular formula is C23H26N2O7. The Morgan fingerprint density at radius 3 is 2.47 bits per heavy atom. The summed E-state index contributed by atoms with van der Waals surface area (Å²) < 4.78 is 10.6. The summed E-state index contributed by atoms with van der Waals surface area (Å²) in [6.45, 7) is 1.83. The van der Waals surface area contributed by atoms with Gasteiger partial charge in [0.05, 0.1) is 7.11 Å². The van der Waals surface area contributed by atoms with E-state index in [0.717, 1.165) is 0 Å². The fraction of sp³-hybridized carbons (Fsp3) is 0.261. The predicted molar refractivity (Wildman–Crippen MR) is 115 cm³/mol. The molecule has 2 aromatic rings. The third kappa shape index (κ3) is 7.13. The van der Waals surface area contributed by atoms with E-state index in [9.17, 15) is 19.5 Å². The SMILES string of the molecule is COc1ccc([C@H](OC(=O)NC(=O)c2ccccc2)[C@@H](C)CC/C=C/C(=O)NO)cc1O. The van der Waals surface area contributed by atoms with Crippen molar-refractivity contribution in [2.75, 3.05) is 7.11 Å². The number of ether oxygens (including phenoxy) is 2. The number of hydroxylamine groups is 1. The Morgan fingerprint density at radius 2 is 1.84 bits per heavy atom. The van der Waals surface area contributed by atoms with E-state index in [0.29, 0.717) is 24.0 Å². The summed E-state index contributed by atoms with van der Waals surface area (Å²) in [5, 5.41) is 20.9. The van der Waals surface area contributed by atoms with Gasteiger partial charge in [-0.25, -0.2) is 10.3 Å². The highest BCUT2D eigenvalue weighted by Gasteiger charge is 2.25. The van der Waals surface area contributed by atoms with Crippen LogP contribution in [-0.4, -0.2) is 35.3 Å². The average molecular weight is 442 g/mol. The lowest BCUT2D eigenvalue weighted by Crippen LogP contribution is -2.33. The highest BCUT2D eigenvalue weighted by Crippen LogP contribution is 2.35. The minimum Gasteiger partial charge on any atom is -0.504 e. The van der Waals surface area contributed by atoms with Gasteiger partial charge in [0.1, 0.15) is 6.10 Å². The number of rotatable bonds is 9. The topological polar surface area (TPSA) is 134 Å². The van der Waals surface area contributed by atoms with Crippen LogP contribution < -0.4 is 15.5 Å². The lowest BCUT2D eigenvalue weighted by molar-refractivity contribution is -0.124. The molecule has 0 saturated carbocycles. The molecule has 0 spiro atoms. The van der Waals surface area contributed by atoms with Crippen molar-refractivity contribution in [2.45, 2.75) is 25.9 Å². The van der Waals surface area contributed by atoms with E-state index in [1.807, 2.05) is 6.92 Å². The molecular weight excluding hydrogens is 416 g/mol. The molecule has 0 fully saturated rings. The van der Waals surface area contributed by atoms with Crippen molar-refractivity contribution in [1.82, 2.24) is 10.8 Å². The summed E-state index contributed by atoms with van der Waals surface area (Å²) >= 11 is 0.